The summed E-state index contributed by atoms with van der Waals surface area (Å²) in [5, 5.41) is 0.568. The predicted molar refractivity (Wildman–Crippen MR) is 101 cm³/mol. The normalized spacial score (nSPS) is 15.1. The first-order valence-corrected chi connectivity index (χ1v) is 8.75. The highest BCUT2D eigenvalue weighted by Crippen LogP contribution is 2.15. The van der Waals surface area contributed by atoms with E-state index in [9.17, 15) is 4.79 Å². The molecule has 2 heterocycles. The van der Waals surface area contributed by atoms with Crippen molar-refractivity contribution in [3.05, 3.63) is 40.7 Å². The molecule has 0 saturated carbocycles. The molecular formula is C17H22ClN7O. The van der Waals surface area contributed by atoms with Crippen LogP contribution in [0.2, 0.25) is 5.02 Å². The average Bonchev–Trinajstić information content (AvgIpc) is 2.61. The quantitative estimate of drug-likeness (QED) is 0.856. The van der Waals surface area contributed by atoms with Crippen molar-refractivity contribution in [3.63, 3.8) is 0 Å². The lowest BCUT2D eigenvalue weighted by Gasteiger charge is -2.34. The summed E-state index contributed by atoms with van der Waals surface area (Å²) in [5.41, 5.74) is 6.39. The van der Waals surface area contributed by atoms with Crippen LogP contribution in [-0.4, -0.2) is 70.9 Å². The van der Waals surface area contributed by atoms with E-state index in [1.165, 1.54) is 0 Å². The van der Waals surface area contributed by atoms with Gasteiger partial charge in [0.2, 0.25) is 11.9 Å². The standard InChI is InChI=1S/C17H22ClN7O/c1-23(2)17-21-14(20-16(19)22-17)11-24-6-8-25(9-7-24)15(26)12-4-3-5-13(18)10-12/h3-5,10H,6-9,11H2,1-2H3,(H2,19,20,21,22). The molecule has 1 aromatic carbocycles. The Labute approximate surface area is 157 Å². The lowest BCUT2D eigenvalue weighted by molar-refractivity contribution is 0.0625. The first kappa shape index (κ1) is 18.3. The highest BCUT2D eigenvalue weighted by atomic mass is 35.5. The summed E-state index contributed by atoms with van der Waals surface area (Å²) >= 11 is 5.98. The number of anilines is 2. The Balaban J connectivity index is 1.60. The zero-order valence-electron chi connectivity index (χ0n) is 14.9. The second kappa shape index (κ2) is 7.84. The largest absolute Gasteiger partial charge is 0.368 e. The van der Waals surface area contributed by atoms with Gasteiger partial charge in [-0.25, -0.2) is 0 Å². The Morgan fingerprint density at radius 1 is 1.19 bits per heavy atom. The molecule has 0 spiro atoms. The molecular weight excluding hydrogens is 354 g/mol. The Morgan fingerprint density at radius 3 is 2.58 bits per heavy atom. The van der Waals surface area contributed by atoms with Gasteiger partial charge in [0.05, 0.1) is 6.54 Å². The van der Waals surface area contributed by atoms with Crippen LogP contribution in [0.5, 0.6) is 0 Å². The van der Waals surface area contributed by atoms with Gasteiger partial charge in [0.1, 0.15) is 5.82 Å². The van der Waals surface area contributed by atoms with Crippen molar-refractivity contribution in [1.29, 1.82) is 0 Å². The molecule has 26 heavy (non-hydrogen) atoms. The van der Waals surface area contributed by atoms with Crippen molar-refractivity contribution in [2.24, 2.45) is 0 Å². The van der Waals surface area contributed by atoms with E-state index in [2.05, 4.69) is 19.9 Å². The second-order valence-electron chi connectivity index (χ2n) is 6.38. The van der Waals surface area contributed by atoms with E-state index in [0.29, 0.717) is 42.0 Å². The number of benzene rings is 1. The van der Waals surface area contributed by atoms with E-state index in [0.717, 1.165) is 13.1 Å². The minimum absolute atomic E-state index is 0.00597. The molecule has 1 saturated heterocycles. The van der Waals surface area contributed by atoms with Crippen LogP contribution in [0.15, 0.2) is 24.3 Å². The molecule has 0 atom stereocenters. The van der Waals surface area contributed by atoms with E-state index >= 15 is 0 Å². The maximum Gasteiger partial charge on any atom is 0.253 e. The van der Waals surface area contributed by atoms with Gasteiger partial charge in [0, 0.05) is 50.9 Å². The average molecular weight is 376 g/mol. The summed E-state index contributed by atoms with van der Waals surface area (Å²) in [7, 11) is 3.72. The van der Waals surface area contributed by atoms with Crippen LogP contribution in [0, 0.1) is 0 Å². The van der Waals surface area contributed by atoms with E-state index in [1.54, 1.807) is 29.2 Å². The summed E-state index contributed by atoms with van der Waals surface area (Å²) in [6.45, 7) is 3.36. The number of aromatic nitrogens is 3. The highest BCUT2D eigenvalue weighted by Gasteiger charge is 2.23. The van der Waals surface area contributed by atoms with Gasteiger partial charge in [-0.15, -0.1) is 0 Å². The number of hydrogen-bond donors (Lipinski definition) is 1. The topological polar surface area (TPSA) is 91.5 Å². The van der Waals surface area contributed by atoms with Crippen molar-refractivity contribution in [2.75, 3.05) is 50.9 Å². The van der Waals surface area contributed by atoms with Gasteiger partial charge >= 0.3 is 0 Å². The molecule has 9 heteroatoms. The third-order valence-electron chi connectivity index (χ3n) is 4.18. The number of piperazine rings is 1. The van der Waals surface area contributed by atoms with Gasteiger partial charge in [-0.05, 0) is 18.2 Å². The minimum Gasteiger partial charge on any atom is -0.368 e. The molecule has 2 aromatic rings. The third kappa shape index (κ3) is 4.39. The molecule has 0 radical (unpaired) electrons. The van der Waals surface area contributed by atoms with E-state index < -0.39 is 0 Å². The van der Waals surface area contributed by atoms with Crippen LogP contribution in [0.1, 0.15) is 16.2 Å². The first-order valence-electron chi connectivity index (χ1n) is 8.37. The van der Waals surface area contributed by atoms with Crippen molar-refractivity contribution in [1.82, 2.24) is 24.8 Å². The van der Waals surface area contributed by atoms with Gasteiger partial charge in [0.25, 0.3) is 5.91 Å². The van der Waals surface area contributed by atoms with Crippen LogP contribution < -0.4 is 10.6 Å². The van der Waals surface area contributed by atoms with Crippen LogP contribution >= 0.6 is 11.6 Å². The molecule has 2 N–H and O–H groups in total. The molecule has 0 unspecified atom stereocenters. The number of carbonyl (C=O) groups excluding carboxylic acids is 1. The van der Waals surface area contributed by atoms with Gasteiger partial charge in [-0.2, -0.15) is 15.0 Å². The zero-order chi connectivity index (χ0) is 18.7. The Kier molecular flexibility index (Phi) is 5.53. The van der Waals surface area contributed by atoms with Crippen molar-refractivity contribution >= 4 is 29.4 Å². The summed E-state index contributed by atoms with van der Waals surface area (Å²) < 4.78 is 0. The fourth-order valence-electron chi connectivity index (χ4n) is 2.81. The van der Waals surface area contributed by atoms with Crippen LogP contribution in [0.4, 0.5) is 11.9 Å². The van der Waals surface area contributed by atoms with E-state index in [4.69, 9.17) is 17.3 Å². The molecule has 1 aliphatic heterocycles. The van der Waals surface area contributed by atoms with Crippen molar-refractivity contribution < 1.29 is 4.79 Å². The summed E-state index contributed by atoms with van der Waals surface area (Å²) in [5.74, 6) is 1.40. The number of nitrogens with two attached hydrogens (primary N) is 1. The number of rotatable bonds is 4. The van der Waals surface area contributed by atoms with Crippen molar-refractivity contribution in [3.8, 4) is 0 Å². The van der Waals surface area contributed by atoms with Crippen molar-refractivity contribution in [2.45, 2.75) is 6.54 Å². The Hall–Kier alpha value is -2.45. The molecule has 1 aliphatic rings. The maximum atomic E-state index is 12.6. The summed E-state index contributed by atoms with van der Waals surface area (Å²) in [6.07, 6.45) is 0. The van der Waals surface area contributed by atoms with Gasteiger partial charge in [-0.1, -0.05) is 17.7 Å². The predicted octanol–water partition coefficient (Wildman–Crippen LogP) is 1.13. The molecule has 0 bridgehead atoms. The second-order valence-corrected chi connectivity index (χ2v) is 6.82. The van der Waals surface area contributed by atoms with Crippen LogP contribution in [-0.2, 0) is 6.54 Å². The highest BCUT2D eigenvalue weighted by molar-refractivity contribution is 6.30. The SMILES string of the molecule is CN(C)c1nc(N)nc(CN2CCN(C(=O)c3cccc(Cl)c3)CC2)n1. The van der Waals surface area contributed by atoms with Crippen LogP contribution in [0.3, 0.4) is 0 Å². The van der Waals surface area contributed by atoms with Gasteiger partial charge in [0.15, 0.2) is 0 Å². The molecule has 1 fully saturated rings. The van der Waals surface area contributed by atoms with E-state index in [-0.39, 0.29) is 11.9 Å². The molecule has 1 aromatic heterocycles. The molecule has 3 rings (SSSR count). The first-order chi connectivity index (χ1) is 12.4. The number of hydrogen-bond acceptors (Lipinski definition) is 7. The van der Waals surface area contributed by atoms with E-state index in [1.807, 2.05) is 19.0 Å². The minimum atomic E-state index is 0.00597. The number of carbonyl (C=O) groups is 1. The van der Waals surface area contributed by atoms with Gasteiger partial charge < -0.3 is 15.5 Å². The smallest absolute Gasteiger partial charge is 0.253 e. The maximum absolute atomic E-state index is 12.6. The Bertz CT molecular complexity index is 790. The number of halogens is 1. The number of amides is 1. The Morgan fingerprint density at radius 2 is 1.92 bits per heavy atom. The molecule has 138 valence electrons. The fourth-order valence-corrected chi connectivity index (χ4v) is 3.00. The summed E-state index contributed by atoms with van der Waals surface area (Å²) in [6, 6.07) is 7.04. The van der Waals surface area contributed by atoms with Gasteiger partial charge in [-0.3, -0.25) is 9.69 Å². The third-order valence-corrected chi connectivity index (χ3v) is 4.42. The lowest BCUT2D eigenvalue weighted by Crippen LogP contribution is -2.48. The van der Waals surface area contributed by atoms with Crippen LogP contribution in [0.25, 0.3) is 0 Å². The zero-order valence-corrected chi connectivity index (χ0v) is 15.6. The number of nitrogen functional groups attached to an aromatic ring is 1. The number of nitrogens with zero attached hydrogens (tertiary/aromatic N) is 6. The molecule has 0 aliphatic carbocycles. The molecule has 8 nitrogen and oxygen atoms in total. The lowest BCUT2D eigenvalue weighted by atomic mass is 10.2. The molecule has 1 amide bonds. The summed E-state index contributed by atoms with van der Waals surface area (Å²) in [4.78, 5) is 31.2. The monoisotopic (exact) mass is 375 g/mol. The fraction of sp³-hybridized carbons (Fsp3) is 0.412.